The van der Waals surface area contributed by atoms with Crippen LogP contribution in [-0.4, -0.2) is 54.9 Å². The molecule has 11 heteroatoms. The zero-order valence-corrected chi connectivity index (χ0v) is 17.5. The summed E-state index contributed by atoms with van der Waals surface area (Å²) in [6, 6.07) is 5.04. The fourth-order valence-electron chi connectivity index (χ4n) is 2.14. The van der Waals surface area contributed by atoms with Crippen LogP contribution in [0.1, 0.15) is 20.8 Å². The second-order valence-electron chi connectivity index (χ2n) is 6.88. The zero-order chi connectivity index (χ0) is 21.5. The molecule has 0 aliphatic heterocycles. The summed E-state index contributed by atoms with van der Waals surface area (Å²) >= 11 is 5.71. The fourth-order valence-corrected chi connectivity index (χ4v) is 3.84. The highest BCUT2D eigenvalue weighted by atomic mass is 35.5. The van der Waals surface area contributed by atoms with Crippen LogP contribution in [0.3, 0.4) is 0 Å². The summed E-state index contributed by atoms with van der Waals surface area (Å²) in [5.74, 6) is 0.0163. The largest absolute Gasteiger partial charge is 0.444 e. The molecule has 28 heavy (non-hydrogen) atoms. The molecule has 1 rings (SSSR count). The SMILES string of the molecule is C=C(CCl)CN(CCNC(=O)OC(C)(C)C)S(=O)(=O)c1ccccc1[N+](=O)[O-]. The molecule has 0 spiro atoms. The minimum Gasteiger partial charge on any atom is -0.444 e. The predicted molar refractivity (Wildman–Crippen MR) is 106 cm³/mol. The molecule has 1 aromatic rings. The smallest absolute Gasteiger partial charge is 0.407 e. The van der Waals surface area contributed by atoms with Crippen LogP contribution in [0.4, 0.5) is 10.5 Å². The van der Waals surface area contributed by atoms with Gasteiger partial charge in [-0.2, -0.15) is 4.31 Å². The van der Waals surface area contributed by atoms with Crippen molar-refractivity contribution in [1.29, 1.82) is 0 Å². The lowest BCUT2D eigenvalue weighted by atomic mass is 10.2. The third kappa shape index (κ3) is 7.10. The molecule has 0 saturated heterocycles. The summed E-state index contributed by atoms with van der Waals surface area (Å²) < 4.78 is 32.1. The van der Waals surface area contributed by atoms with Crippen molar-refractivity contribution in [3.63, 3.8) is 0 Å². The number of hydrogen-bond donors (Lipinski definition) is 1. The van der Waals surface area contributed by atoms with Gasteiger partial charge in [0.1, 0.15) is 5.60 Å². The van der Waals surface area contributed by atoms with Gasteiger partial charge in [-0.25, -0.2) is 13.2 Å². The van der Waals surface area contributed by atoms with Gasteiger partial charge in [-0.1, -0.05) is 18.7 Å². The summed E-state index contributed by atoms with van der Waals surface area (Å²) in [6.45, 7) is 8.42. The van der Waals surface area contributed by atoms with Gasteiger partial charge in [0.15, 0.2) is 4.90 Å². The van der Waals surface area contributed by atoms with E-state index in [0.29, 0.717) is 5.57 Å². The van der Waals surface area contributed by atoms with Crippen LogP contribution < -0.4 is 5.32 Å². The summed E-state index contributed by atoms with van der Waals surface area (Å²) in [5, 5.41) is 13.7. The third-order valence-corrected chi connectivity index (χ3v) is 5.57. The third-order valence-electron chi connectivity index (χ3n) is 3.30. The number of rotatable bonds is 9. The average Bonchev–Trinajstić information content (AvgIpc) is 2.58. The Morgan fingerprint density at radius 1 is 1.36 bits per heavy atom. The first-order valence-corrected chi connectivity index (χ1v) is 10.3. The lowest BCUT2D eigenvalue weighted by molar-refractivity contribution is -0.387. The molecule has 0 aliphatic rings. The number of halogens is 1. The second kappa shape index (κ2) is 9.85. The minimum atomic E-state index is -4.23. The maximum absolute atomic E-state index is 13.0. The summed E-state index contributed by atoms with van der Waals surface area (Å²) in [6.07, 6.45) is -0.702. The fraction of sp³-hybridized carbons (Fsp3) is 0.471. The van der Waals surface area contributed by atoms with Gasteiger partial charge in [0, 0.05) is 31.6 Å². The van der Waals surface area contributed by atoms with Gasteiger partial charge < -0.3 is 10.1 Å². The summed E-state index contributed by atoms with van der Waals surface area (Å²) in [5.41, 5.74) is -0.835. The van der Waals surface area contributed by atoms with Crippen molar-refractivity contribution in [2.24, 2.45) is 0 Å². The van der Waals surface area contributed by atoms with E-state index in [1.807, 2.05) is 0 Å². The van der Waals surface area contributed by atoms with Gasteiger partial charge in [0.25, 0.3) is 5.69 Å². The standard InChI is InChI=1S/C17H24ClN3O6S/c1-13(11-18)12-20(10-9-19-16(22)27-17(2,3)4)28(25,26)15-8-6-5-7-14(15)21(23)24/h5-8H,1,9-12H2,2-4H3,(H,19,22). The molecule has 1 aromatic carbocycles. The molecule has 0 atom stereocenters. The monoisotopic (exact) mass is 433 g/mol. The molecule has 0 aromatic heterocycles. The van der Waals surface area contributed by atoms with Crippen molar-refractivity contribution in [2.75, 3.05) is 25.5 Å². The van der Waals surface area contributed by atoms with Crippen LogP contribution in [0, 0.1) is 10.1 Å². The Labute approximate surface area is 169 Å². The Kier molecular flexibility index (Phi) is 8.40. The van der Waals surface area contributed by atoms with Crippen molar-refractivity contribution in [3.8, 4) is 0 Å². The van der Waals surface area contributed by atoms with Gasteiger partial charge >= 0.3 is 6.09 Å². The van der Waals surface area contributed by atoms with Gasteiger partial charge in [-0.05, 0) is 32.4 Å². The zero-order valence-electron chi connectivity index (χ0n) is 16.0. The number of ether oxygens (including phenoxy) is 1. The van der Waals surface area contributed by atoms with E-state index in [1.165, 1.54) is 12.1 Å². The first kappa shape index (κ1) is 23.9. The Bertz CT molecular complexity index is 836. The predicted octanol–water partition coefficient (Wildman–Crippen LogP) is 2.91. The number of nitrogens with one attached hydrogen (secondary N) is 1. The van der Waals surface area contributed by atoms with E-state index in [1.54, 1.807) is 20.8 Å². The van der Waals surface area contributed by atoms with Crippen molar-refractivity contribution in [3.05, 3.63) is 46.5 Å². The Balaban J connectivity index is 3.05. The Hall–Kier alpha value is -2.17. The minimum absolute atomic E-state index is 0.0163. The average molecular weight is 434 g/mol. The number of nitro benzene ring substituents is 1. The van der Waals surface area contributed by atoms with Crippen molar-refractivity contribution >= 4 is 33.4 Å². The highest BCUT2D eigenvalue weighted by Crippen LogP contribution is 2.26. The first-order valence-electron chi connectivity index (χ1n) is 8.31. The second-order valence-corrected chi connectivity index (χ2v) is 9.05. The van der Waals surface area contributed by atoms with Gasteiger partial charge in [-0.3, -0.25) is 10.1 Å². The Morgan fingerprint density at radius 2 is 1.96 bits per heavy atom. The van der Waals surface area contributed by atoms with Crippen LogP contribution in [0.15, 0.2) is 41.3 Å². The number of para-hydroxylation sites is 1. The number of nitro groups is 1. The van der Waals surface area contributed by atoms with E-state index >= 15 is 0 Å². The van der Waals surface area contributed by atoms with Crippen LogP contribution in [-0.2, 0) is 14.8 Å². The molecule has 0 saturated carbocycles. The molecule has 0 bridgehead atoms. The topological polar surface area (TPSA) is 119 Å². The molecular formula is C17H24ClN3O6S. The van der Waals surface area contributed by atoms with Gasteiger partial charge in [0.05, 0.1) is 4.92 Å². The maximum atomic E-state index is 13.0. The number of benzene rings is 1. The van der Waals surface area contributed by atoms with E-state index in [2.05, 4.69) is 11.9 Å². The summed E-state index contributed by atoms with van der Waals surface area (Å²) in [7, 11) is -4.23. The molecular weight excluding hydrogens is 410 g/mol. The number of alkyl halides is 1. The first-order chi connectivity index (χ1) is 12.9. The van der Waals surface area contributed by atoms with Crippen LogP contribution >= 0.6 is 11.6 Å². The van der Waals surface area contributed by atoms with E-state index in [4.69, 9.17) is 16.3 Å². The molecule has 156 valence electrons. The number of nitrogens with zero attached hydrogens (tertiary/aromatic N) is 2. The highest BCUT2D eigenvalue weighted by molar-refractivity contribution is 7.89. The van der Waals surface area contributed by atoms with Crippen LogP contribution in [0.2, 0.25) is 0 Å². The molecule has 1 N–H and O–H groups in total. The molecule has 9 nitrogen and oxygen atoms in total. The van der Waals surface area contributed by atoms with E-state index in [-0.39, 0.29) is 25.5 Å². The van der Waals surface area contributed by atoms with Crippen molar-refractivity contribution in [2.45, 2.75) is 31.3 Å². The lowest BCUT2D eigenvalue weighted by Crippen LogP contribution is -2.41. The number of amides is 1. The van der Waals surface area contributed by atoms with Gasteiger partial charge in [0.2, 0.25) is 10.0 Å². The van der Waals surface area contributed by atoms with Crippen molar-refractivity contribution in [1.82, 2.24) is 9.62 Å². The van der Waals surface area contributed by atoms with Crippen LogP contribution in [0.5, 0.6) is 0 Å². The maximum Gasteiger partial charge on any atom is 0.407 e. The van der Waals surface area contributed by atoms with Gasteiger partial charge in [-0.15, -0.1) is 11.6 Å². The van der Waals surface area contributed by atoms with Crippen LogP contribution in [0.25, 0.3) is 0 Å². The van der Waals surface area contributed by atoms with Crippen molar-refractivity contribution < 1.29 is 22.9 Å². The molecule has 0 fully saturated rings. The number of carbonyl (C=O) groups is 1. The Morgan fingerprint density at radius 3 is 2.50 bits per heavy atom. The molecule has 0 heterocycles. The molecule has 0 radical (unpaired) electrons. The number of hydrogen-bond acceptors (Lipinski definition) is 6. The lowest BCUT2D eigenvalue weighted by Gasteiger charge is -2.24. The molecule has 0 aliphatic carbocycles. The highest BCUT2D eigenvalue weighted by Gasteiger charge is 2.31. The summed E-state index contributed by atoms with van der Waals surface area (Å²) in [4.78, 5) is 21.8. The van der Waals surface area contributed by atoms with E-state index < -0.39 is 37.2 Å². The normalized spacial score (nSPS) is 11.9. The quantitative estimate of drug-likeness (QED) is 0.277. The number of sulfonamides is 1. The number of carbonyl (C=O) groups excluding carboxylic acids is 1. The van der Waals surface area contributed by atoms with E-state index in [0.717, 1.165) is 16.4 Å². The molecule has 1 amide bonds. The number of alkyl carbamates (subject to hydrolysis) is 1. The molecule has 0 unspecified atom stereocenters. The van der Waals surface area contributed by atoms with E-state index in [9.17, 15) is 23.3 Å².